The van der Waals surface area contributed by atoms with Gasteiger partial charge < -0.3 is 19.5 Å². The summed E-state index contributed by atoms with van der Waals surface area (Å²) in [4.78, 5) is 23.0. The van der Waals surface area contributed by atoms with E-state index in [9.17, 15) is 4.79 Å². The molecule has 1 aliphatic heterocycles. The van der Waals surface area contributed by atoms with Gasteiger partial charge in [-0.1, -0.05) is 30.3 Å². The average Bonchev–Trinajstić information content (AvgIpc) is 3.17. The Morgan fingerprint density at radius 2 is 1.81 bits per heavy atom. The first-order valence-corrected chi connectivity index (χ1v) is 10.3. The predicted molar refractivity (Wildman–Crippen MR) is 121 cm³/mol. The third-order valence-electron chi connectivity index (χ3n) is 5.47. The molecular formula is C24H23N5O2. The van der Waals surface area contributed by atoms with Crippen molar-refractivity contribution in [2.45, 2.75) is 6.54 Å². The number of carbonyl (C=O) groups is 1. The second-order valence-electron chi connectivity index (χ2n) is 7.52. The van der Waals surface area contributed by atoms with Crippen LogP contribution in [0.25, 0.3) is 11.0 Å². The van der Waals surface area contributed by atoms with E-state index in [1.54, 1.807) is 6.20 Å². The summed E-state index contributed by atoms with van der Waals surface area (Å²) in [6.07, 6.45) is 4.39. The molecule has 0 saturated carbocycles. The third kappa shape index (κ3) is 4.13. The van der Waals surface area contributed by atoms with Crippen LogP contribution in [0, 0.1) is 0 Å². The number of nitrogens with one attached hydrogen (secondary N) is 1. The number of fused-ring (bicyclic) bond motifs is 1. The van der Waals surface area contributed by atoms with Gasteiger partial charge in [0.1, 0.15) is 5.65 Å². The van der Waals surface area contributed by atoms with Crippen LogP contribution in [0.4, 0.5) is 17.3 Å². The van der Waals surface area contributed by atoms with E-state index in [4.69, 9.17) is 9.72 Å². The second-order valence-corrected chi connectivity index (χ2v) is 7.52. The fraction of sp³-hybridized carbons (Fsp3) is 0.208. The molecule has 7 nitrogen and oxygen atoms in total. The van der Waals surface area contributed by atoms with E-state index < -0.39 is 0 Å². The summed E-state index contributed by atoms with van der Waals surface area (Å²) in [6.45, 7) is 3.97. The zero-order valence-electron chi connectivity index (χ0n) is 17.1. The molecule has 1 saturated heterocycles. The molecule has 0 bridgehead atoms. The van der Waals surface area contributed by atoms with E-state index in [0.29, 0.717) is 18.1 Å². The van der Waals surface area contributed by atoms with Crippen molar-refractivity contribution < 1.29 is 9.53 Å². The van der Waals surface area contributed by atoms with Crippen LogP contribution in [0.3, 0.4) is 0 Å². The molecule has 0 spiro atoms. The summed E-state index contributed by atoms with van der Waals surface area (Å²) in [5.41, 5.74) is 4.55. The molecular weight excluding hydrogens is 390 g/mol. The molecule has 7 heteroatoms. The van der Waals surface area contributed by atoms with E-state index in [1.807, 2.05) is 41.1 Å². The minimum Gasteiger partial charge on any atom is -0.378 e. The molecule has 4 aromatic rings. The molecule has 1 fully saturated rings. The first-order chi connectivity index (χ1) is 15.3. The highest BCUT2D eigenvalue weighted by Gasteiger charge is 2.13. The maximum absolute atomic E-state index is 11.5. The number of nitrogens with zero attached hydrogens (tertiary/aromatic N) is 4. The van der Waals surface area contributed by atoms with Crippen LogP contribution < -0.4 is 10.2 Å². The molecule has 3 heterocycles. The van der Waals surface area contributed by atoms with Crippen molar-refractivity contribution >= 4 is 34.6 Å². The molecule has 0 unspecified atom stereocenters. The van der Waals surface area contributed by atoms with Crippen LogP contribution in [0.2, 0.25) is 0 Å². The predicted octanol–water partition coefficient (Wildman–Crippen LogP) is 3.87. The van der Waals surface area contributed by atoms with Crippen LogP contribution >= 0.6 is 0 Å². The summed E-state index contributed by atoms with van der Waals surface area (Å²) >= 11 is 0. The second kappa shape index (κ2) is 8.57. The first kappa shape index (κ1) is 19.3. The number of ether oxygens (including phenoxy) is 1. The monoisotopic (exact) mass is 413 g/mol. The zero-order chi connectivity index (χ0) is 21.0. The van der Waals surface area contributed by atoms with E-state index in [-0.39, 0.29) is 0 Å². The van der Waals surface area contributed by atoms with Gasteiger partial charge >= 0.3 is 0 Å². The van der Waals surface area contributed by atoms with Crippen LogP contribution in [0.1, 0.15) is 15.9 Å². The Bertz CT molecular complexity index is 1180. The van der Waals surface area contributed by atoms with Crippen molar-refractivity contribution in [3.63, 3.8) is 0 Å². The van der Waals surface area contributed by atoms with Crippen molar-refractivity contribution in [1.82, 2.24) is 14.5 Å². The Labute approximate surface area is 180 Å². The van der Waals surface area contributed by atoms with Crippen molar-refractivity contribution in [3.8, 4) is 0 Å². The molecule has 1 N–H and O–H groups in total. The van der Waals surface area contributed by atoms with E-state index in [1.165, 1.54) is 5.69 Å². The topological polar surface area (TPSA) is 72.3 Å². The number of rotatable bonds is 6. The number of anilines is 3. The molecule has 0 atom stereocenters. The summed E-state index contributed by atoms with van der Waals surface area (Å²) in [6, 6.07) is 18.3. The Hall–Kier alpha value is -3.71. The maximum Gasteiger partial charge on any atom is 0.229 e. The van der Waals surface area contributed by atoms with Gasteiger partial charge in [0.2, 0.25) is 5.95 Å². The minimum atomic E-state index is 0.497. The van der Waals surface area contributed by atoms with Gasteiger partial charge in [0.15, 0.2) is 6.29 Å². The molecule has 2 aromatic heterocycles. The Morgan fingerprint density at radius 3 is 2.55 bits per heavy atom. The Balaban J connectivity index is 1.40. The lowest BCUT2D eigenvalue weighted by Crippen LogP contribution is -2.36. The van der Waals surface area contributed by atoms with Gasteiger partial charge in [-0.05, 0) is 29.8 Å². The summed E-state index contributed by atoms with van der Waals surface area (Å²) < 4.78 is 7.41. The molecule has 31 heavy (non-hydrogen) atoms. The summed E-state index contributed by atoms with van der Waals surface area (Å²) in [7, 11) is 0. The number of hydrogen-bond acceptors (Lipinski definition) is 6. The highest BCUT2D eigenvalue weighted by molar-refractivity contribution is 5.96. The quantitative estimate of drug-likeness (QED) is 0.484. The third-order valence-corrected chi connectivity index (χ3v) is 5.47. The van der Waals surface area contributed by atoms with Gasteiger partial charge in [0.05, 0.1) is 13.2 Å². The van der Waals surface area contributed by atoms with Gasteiger partial charge in [-0.15, -0.1) is 0 Å². The Morgan fingerprint density at radius 1 is 1.03 bits per heavy atom. The lowest BCUT2D eigenvalue weighted by atomic mass is 10.2. The standard InChI is InChI=1S/C24H23N5O2/c30-17-19-16-29(15-18-4-2-1-3-5-18)23-22(19)14-25-24(27-23)26-20-6-8-21(9-7-20)28-10-12-31-13-11-28/h1-9,14,16-17H,10-13,15H2,(H,25,26,27). The molecule has 5 rings (SSSR count). The normalized spacial score (nSPS) is 14.0. The molecule has 156 valence electrons. The van der Waals surface area contributed by atoms with Gasteiger partial charge in [-0.3, -0.25) is 4.79 Å². The van der Waals surface area contributed by atoms with Gasteiger partial charge in [-0.2, -0.15) is 4.98 Å². The molecule has 0 aliphatic carbocycles. The molecule has 0 radical (unpaired) electrons. The highest BCUT2D eigenvalue weighted by Crippen LogP contribution is 2.24. The molecule has 0 amide bonds. The van der Waals surface area contributed by atoms with Crippen LogP contribution in [0.5, 0.6) is 0 Å². The molecule has 2 aromatic carbocycles. The lowest BCUT2D eigenvalue weighted by molar-refractivity contribution is 0.112. The number of morpholine rings is 1. The number of aromatic nitrogens is 3. The van der Waals surface area contributed by atoms with Gasteiger partial charge in [0.25, 0.3) is 0 Å². The first-order valence-electron chi connectivity index (χ1n) is 10.3. The van der Waals surface area contributed by atoms with Crippen LogP contribution in [0.15, 0.2) is 67.0 Å². The largest absolute Gasteiger partial charge is 0.378 e. The smallest absolute Gasteiger partial charge is 0.229 e. The lowest BCUT2D eigenvalue weighted by Gasteiger charge is -2.28. The van der Waals surface area contributed by atoms with Crippen molar-refractivity contribution in [2.24, 2.45) is 0 Å². The van der Waals surface area contributed by atoms with Crippen LogP contribution in [-0.2, 0) is 11.3 Å². The summed E-state index contributed by atoms with van der Waals surface area (Å²) in [5, 5.41) is 4.03. The number of hydrogen-bond donors (Lipinski definition) is 1. The Kier molecular flexibility index (Phi) is 5.33. The fourth-order valence-electron chi connectivity index (χ4n) is 3.85. The number of aldehydes is 1. The van der Waals surface area contributed by atoms with Crippen molar-refractivity contribution in [1.29, 1.82) is 0 Å². The molecule has 1 aliphatic rings. The minimum absolute atomic E-state index is 0.497. The van der Waals surface area contributed by atoms with E-state index in [2.05, 4.69) is 39.5 Å². The van der Waals surface area contributed by atoms with Gasteiger partial charge in [-0.25, -0.2) is 4.98 Å². The summed E-state index contributed by atoms with van der Waals surface area (Å²) in [5.74, 6) is 0.497. The maximum atomic E-state index is 11.5. The van der Waals surface area contributed by atoms with E-state index in [0.717, 1.165) is 54.9 Å². The van der Waals surface area contributed by atoms with E-state index >= 15 is 0 Å². The number of carbonyl (C=O) groups excluding carboxylic acids is 1. The highest BCUT2D eigenvalue weighted by atomic mass is 16.5. The number of benzene rings is 2. The van der Waals surface area contributed by atoms with Crippen molar-refractivity contribution in [2.75, 3.05) is 36.5 Å². The van der Waals surface area contributed by atoms with Gasteiger partial charge in [0, 0.05) is 54.4 Å². The fourth-order valence-corrected chi connectivity index (χ4v) is 3.85. The SMILES string of the molecule is O=Cc1cn(Cc2ccccc2)c2nc(Nc3ccc(N4CCOCC4)cc3)ncc12. The van der Waals surface area contributed by atoms with Crippen LogP contribution in [-0.4, -0.2) is 47.1 Å². The zero-order valence-corrected chi connectivity index (χ0v) is 17.1. The average molecular weight is 413 g/mol. The van der Waals surface area contributed by atoms with Crippen molar-refractivity contribution in [3.05, 3.63) is 78.1 Å².